The van der Waals surface area contributed by atoms with Crippen LogP contribution in [0.4, 0.5) is 0 Å². The summed E-state index contributed by atoms with van der Waals surface area (Å²) in [4.78, 5) is 26.9. The van der Waals surface area contributed by atoms with Crippen LogP contribution in [0.1, 0.15) is 16.2 Å². The Hall–Kier alpha value is -1.64. The van der Waals surface area contributed by atoms with E-state index in [1.54, 1.807) is 0 Å². The van der Waals surface area contributed by atoms with Crippen molar-refractivity contribution in [2.24, 2.45) is 17.6 Å². The zero-order valence-corrected chi connectivity index (χ0v) is 10.5. The molecule has 2 fully saturated rings. The number of imide groups is 1. The quantitative estimate of drug-likeness (QED) is 0.624. The SMILES string of the molecule is NCC#Cc1ccc(CN2C(=O)C3CC3C2=O)s1. The molecule has 1 aliphatic heterocycles. The van der Waals surface area contributed by atoms with E-state index in [-0.39, 0.29) is 23.7 Å². The van der Waals surface area contributed by atoms with Crippen molar-refractivity contribution in [2.75, 3.05) is 6.54 Å². The molecule has 2 aliphatic rings. The summed E-state index contributed by atoms with van der Waals surface area (Å²) < 4.78 is 0. The number of piperidine rings is 1. The third kappa shape index (κ3) is 1.84. The summed E-state index contributed by atoms with van der Waals surface area (Å²) >= 11 is 1.50. The first-order chi connectivity index (χ1) is 8.70. The summed E-state index contributed by atoms with van der Waals surface area (Å²) in [6.45, 7) is 0.722. The molecule has 0 bridgehead atoms. The van der Waals surface area contributed by atoms with Gasteiger partial charge in [-0.1, -0.05) is 11.8 Å². The summed E-state index contributed by atoms with van der Waals surface area (Å²) in [7, 11) is 0. The van der Waals surface area contributed by atoms with Crippen molar-refractivity contribution in [1.29, 1.82) is 0 Å². The molecule has 3 rings (SSSR count). The molecule has 18 heavy (non-hydrogen) atoms. The maximum Gasteiger partial charge on any atom is 0.233 e. The van der Waals surface area contributed by atoms with E-state index >= 15 is 0 Å². The number of nitrogens with zero attached hydrogens (tertiary/aromatic N) is 1. The molecule has 2 N–H and O–H groups in total. The first-order valence-electron chi connectivity index (χ1n) is 5.83. The van der Waals surface area contributed by atoms with Gasteiger partial charge in [-0.15, -0.1) is 11.3 Å². The van der Waals surface area contributed by atoms with Crippen LogP contribution in [0.3, 0.4) is 0 Å². The Morgan fingerprint density at radius 3 is 2.72 bits per heavy atom. The number of carbonyl (C=O) groups is 2. The number of thiophene rings is 1. The van der Waals surface area contributed by atoms with Crippen molar-refractivity contribution in [1.82, 2.24) is 4.90 Å². The molecule has 4 nitrogen and oxygen atoms in total. The van der Waals surface area contributed by atoms with Gasteiger partial charge in [0.2, 0.25) is 11.8 Å². The van der Waals surface area contributed by atoms with Gasteiger partial charge in [-0.25, -0.2) is 0 Å². The second-order valence-electron chi connectivity index (χ2n) is 4.48. The minimum absolute atomic E-state index is 0.00649. The van der Waals surface area contributed by atoms with Gasteiger partial charge in [-0.05, 0) is 18.6 Å². The van der Waals surface area contributed by atoms with Crippen LogP contribution < -0.4 is 5.73 Å². The number of nitrogens with two attached hydrogens (primary N) is 1. The van der Waals surface area contributed by atoms with Crippen LogP contribution in [0.15, 0.2) is 12.1 Å². The Morgan fingerprint density at radius 2 is 2.06 bits per heavy atom. The molecule has 2 amide bonds. The molecule has 1 aromatic heterocycles. The Balaban J connectivity index is 1.71. The molecule has 2 atom stereocenters. The highest BCUT2D eigenvalue weighted by Crippen LogP contribution is 2.47. The van der Waals surface area contributed by atoms with E-state index in [0.29, 0.717) is 13.1 Å². The highest BCUT2D eigenvalue weighted by atomic mass is 32.1. The predicted octanol–water partition coefficient (Wildman–Crippen LogP) is 0.563. The van der Waals surface area contributed by atoms with Gasteiger partial charge in [0.05, 0.1) is 29.8 Å². The number of carbonyl (C=O) groups excluding carboxylic acids is 2. The summed E-state index contributed by atoms with van der Waals surface area (Å²) in [5.41, 5.74) is 5.31. The fourth-order valence-corrected chi connectivity index (χ4v) is 3.10. The molecule has 1 saturated heterocycles. The van der Waals surface area contributed by atoms with Gasteiger partial charge in [0.15, 0.2) is 0 Å². The lowest BCUT2D eigenvalue weighted by Gasteiger charge is -2.14. The smallest absolute Gasteiger partial charge is 0.233 e. The fraction of sp³-hybridized carbons (Fsp3) is 0.385. The maximum atomic E-state index is 11.8. The van der Waals surface area contributed by atoms with Crippen molar-refractivity contribution in [3.05, 3.63) is 21.9 Å². The van der Waals surface area contributed by atoms with Crippen LogP contribution in [-0.4, -0.2) is 23.3 Å². The molecule has 5 heteroatoms. The zero-order chi connectivity index (χ0) is 12.7. The maximum absolute atomic E-state index is 11.8. The van der Waals surface area contributed by atoms with E-state index in [2.05, 4.69) is 11.8 Å². The van der Waals surface area contributed by atoms with Crippen LogP contribution in [0.5, 0.6) is 0 Å². The molecular weight excluding hydrogens is 248 g/mol. The highest BCUT2D eigenvalue weighted by molar-refractivity contribution is 7.12. The second-order valence-corrected chi connectivity index (χ2v) is 5.65. The summed E-state index contributed by atoms with van der Waals surface area (Å²) in [5.74, 6) is 5.68. The third-order valence-corrected chi connectivity index (χ3v) is 4.23. The Kier molecular flexibility index (Phi) is 2.69. The topological polar surface area (TPSA) is 63.4 Å². The van der Waals surface area contributed by atoms with Crippen LogP contribution in [0, 0.1) is 23.7 Å². The standard InChI is InChI=1S/C13H12N2O2S/c14-5-1-2-8-3-4-9(18-8)7-15-12(16)10-6-11(10)13(15)17/h3-4,10-11H,5-7,14H2. The lowest BCUT2D eigenvalue weighted by Crippen LogP contribution is -2.31. The summed E-state index contributed by atoms with van der Waals surface area (Å²) in [6, 6.07) is 3.81. The van der Waals surface area contributed by atoms with Crippen LogP contribution in [-0.2, 0) is 16.1 Å². The molecule has 1 aromatic rings. The number of rotatable bonds is 2. The predicted molar refractivity (Wildman–Crippen MR) is 67.4 cm³/mol. The van der Waals surface area contributed by atoms with E-state index in [1.165, 1.54) is 16.2 Å². The van der Waals surface area contributed by atoms with Gasteiger partial charge in [0.1, 0.15) is 0 Å². The van der Waals surface area contributed by atoms with Gasteiger partial charge in [-0.3, -0.25) is 14.5 Å². The molecule has 0 radical (unpaired) electrons. The van der Waals surface area contributed by atoms with Crippen molar-refractivity contribution in [3.8, 4) is 11.8 Å². The van der Waals surface area contributed by atoms with E-state index in [4.69, 9.17) is 5.73 Å². The minimum Gasteiger partial charge on any atom is -0.320 e. The first kappa shape index (κ1) is 11.5. The third-order valence-electron chi connectivity index (χ3n) is 3.25. The summed E-state index contributed by atoms with van der Waals surface area (Å²) in [6.07, 6.45) is 0.756. The molecule has 1 saturated carbocycles. The van der Waals surface area contributed by atoms with Gasteiger partial charge in [0.25, 0.3) is 0 Å². The number of likely N-dealkylation sites (tertiary alicyclic amines) is 1. The second kappa shape index (κ2) is 4.23. The molecule has 92 valence electrons. The lowest BCUT2D eigenvalue weighted by molar-refractivity contribution is -0.141. The molecule has 0 aromatic carbocycles. The van der Waals surface area contributed by atoms with E-state index in [1.807, 2.05) is 12.1 Å². The molecule has 1 aliphatic carbocycles. The lowest BCUT2D eigenvalue weighted by atomic mass is 10.3. The van der Waals surface area contributed by atoms with Crippen molar-refractivity contribution in [3.63, 3.8) is 0 Å². The highest BCUT2D eigenvalue weighted by Gasteiger charge is 2.58. The number of hydrogen-bond donors (Lipinski definition) is 1. The Labute approximate surface area is 109 Å². The molecule has 2 heterocycles. The molecule has 0 spiro atoms. The normalized spacial score (nSPS) is 24.8. The average molecular weight is 260 g/mol. The van der Waals surface area contributed by atoms with Crippen molar-refractivity contribution >= 4 is 23.2 Å². The van der Waals surface area contributed by atoms with Gasteiger partial charge >= 0.3 is 0 Å². The van der Waals surface area contributed by atoms with Gasteiger partial charge < -0.3 is 5.73 Å². The first-order valence-corrected chi connectivity index (χ1v) is 6.65. The van der Waals surface area contributed by atoms with Crippen LogP contribution in [0.2, 0.25) is 0 Å². The summed E-state index contributed by atoms with van der Waals surface area (Å²) in [5, 5.41) is 0. The average Bonchev–Trinajstić information content (AvgIpc) is 2.99. The van der Waals surface area contributed by atoms with Crippen LogP contribution in [0.25, 0.3) is 0 Å². The van der Waals surface area contributed by atoms with Gasteiger partial charge in [0, 0.05) is 4.88 Å². The molecular formula is C13H12N2O2S. The minimum atomic E-state index is -0.0195. The van der Waals surface area contributed by atoms with Gasteiger partial charge in [-0.2, -0.15) is 0 Å². The van der Waals surface area contributed by atoms with E-state index < -0.39 is 0 Å². The molecule has 2 unspecified atom stereocenters. The van der Waals surface area contributed by atoms with Crippen molar-refractivity contribution < 1.29 is 9.59 Å². The Morgan fingerprint density at radius 1 is 1.33 bits per heavy atom. The number of amides is 2. The number of fused-ring (bicyclic) bond motifs is 1. The zero-order valence-electron chi connectivity index (χ0n) is 9.68. The van der Waals surface area contributed by atoms with E-state index in [0.717, 1.165) is 16.2 Å². The van der Waals surface area contributed by atoms with Crippen molar-refractivity contribution in [2.45, 2.75) is 13.0 Å². The fourth-order valence-electron chi connectivity index (χ4n) is 2.23. The Bertz CT molecular complexity index is 561. The number of hydrogen-bond acceptors (Lipinski definition) is 4. The van der Waals surface area contributed by atoms with E-state index in [9.17, 15) is 9.59 Å². The monoisotopic (exact) mass is 260 g/mol. The largest absolute Gasteiger partial charge is 0.320 e. The van der Waals surface area contributed by atoms with Crippen LogP contribution >= 0.6 is 11.3 Å².